The molecule has 0 aromatic heterocycles. The van der Waals surface area contributed by atoms with Gasteiger partial charge < -0.3 is 0 Å². The minimum absolute atomic E-state index is 0.0207. The number of hydrazine groups is 1. The van der Waals surface area contributed by atoms with E-state index in [4.69, 9.17) is 5.84 Å². The minimum Gasteiger partial charge on any atom is -0.271 e. The van der Waals surface area contributed by atoms with E-state index in [0.717, 1.165) is 12.8 Å². The molecule has 0 aromatic carbocycles. The van der Waals surface area contributed by atoms with E-state index in [-0.39, 0.29) is 12.5 Å². The fraction of sp³-hybridized carbons (Fsp3) is 1.00. The molecule has 0 aliphatic carbocycles. The van der Waals surface area contributed by atoms with Gasteiger partial charge in [-0.15, -0.1) is 0 Å². The maximum Gasteiger partial charge on any atom is 0.389 e. The fourth-order valence-electron chi connectivity index (χ4n) is 1.21. The van der Waals surface area contributed by atoms with Crippen LogP contribution >= 0.6 is 0 Å². The molecule has 0 fully saturated rings. The Kier molecular flexibility index (Phi) is 6.07. The zero-order valence-corrected chi connectivity index (χ0v) is 7.82. The third-order valence-corrected chi connectivity index (χ3v) is 1.89. The molecule has 0 radical (unpaired) electrons. The standard InChI is InChI=1S/C8H17F3N2/c1-2-4-7(13-12)5-3-6-8(9,10)11/h7,13H,2-6,12H2,1H3. The first kappa shape index (κ1) is 12.7. The van der Waals surface area contributed by atoms with Crippen LogP contribution in [0.4, 0.5) is 13.2 Å². The van der Waals surface area contributed by atoms with Crippen molar-refractivity contribution in [2.24, 2.45) is 5.84 Å². The van der Waals surface area contributed by atoms with Crippen LogP contribution in [-0.4, -0.2) is 12.2 Å². The molecule has 1 atom stereocenters. The molecule has 0 bridgehead atoms. The van der Waals surface area contributed by atoms with Crippen LogP contribution in [0.2, 0.25) is 0 Å². The summed E-state index contributed by atoms with van der Waals surface area (Å²) in [5, 5.41) is 0. The van der Waals surface area contributed by atoms with Crippen LogP contribution in [0.5, 0.6) is 0 Å². The summed E-state index contributed by atoms with van der Waals surface area (Å²) in [6.45, 7) is 1.98. The molecule has 0 aromatic rings. The first-order chi connectivity index (χ1) is 5.99. The number of hydrogen-bond donors (Lipinski definition) is 2. The zero-order chi connectivity index (χ0) is 10.3. The number of alkyl halides is 3. The molecular weight excluding hydrogens is 181 g/mol. The second-order valence-corrected chi connectivity index (χ2v) is 3.16. The van der Waals surface area contributed by atoms with Gasteiger partial charge >= 0.3 is 6.18 Å². The van der Waals surface area contributed by atoms with E-state index in [9.17, 15) is 13.2 Å². The number of nitrogens with one attached hydrogen (secondary N) is 1. The Balaban J connectivity index is 3.49. The Morgan fingerprint density at radius 2 is 1.92 bits per heavy atom. The van der Waals surface area contributed by atoms with Gasteiger partial charge in [0.15, 0.2) is 0 Å². The van der Waals surface area contributed by atoms with Gasteiger partial charge in [-0.05, 0) is 19.3 Å². The van der Waals surface area contributed by atoms with Gasteiger partial charge in [-0.25, -0.2) is 0 Å². The molecule has 13 heavy (non-hydrogen) atoms. The Hall–Kier alpha value is -0.290. The van der Waals surface area contributed by atoms with Crippen LogP contribution in [0.15, 0.2) is 0 Å². The fourth-order valence-corrected chi connectivity index (χ4v) is 1.21. The van der Waals surface area contributed by atoms with Gasteiger partial charge in [0.25, 0.3) is 0 Å². The lowest BCUT2D eigenvalue weighted by atomic mass is 10.1. The van der Waals surface area contributed by atoms with E-state index in [1.807, 2.05) is 6.92 Å². The van der Waals surface area contributed by atoms with Crippen LogP contribution in [0.3, 0.4) is 0 Å². The van der Waals surface area contributed by atoms with E-state index in [1.165, 1.54) is 0 Å². The monoisotopic (exact) mass is 198 g/mol. The zero-order valence-electron chi connectivity index (χ0n) is 7.82. The van der Waals surface area contributed by atoms with Crippen LogP contribution in [0, 0.1) is 0 Å². The predicted octanol–water partition coefficient (Wildman–Crippen LogP) is 2.35. The Labute approximate surface area is 76.7 Å². The first-order valence-electron chi connectivity index (χ1n) is 4.52. The SMILES string of the molecule is CCCC(CCCC(F)(F)F)NN. The van der Waals surface area contributed by atoms with Crippen molar-refractivity contribution in [2.75, 3.05) is 0 Å². The molecule has 2 nitrogen and oxygen atoms in total. The van der Waals surface area contributed by atoms with E-state index in [2.05, 4.69) is 5.43 Å². The van der Waals surface area contributed by atoms with Gasteiger partial charge in [-0.3, -0.25) is 11.3 Å². The van der Waals surface area contributed by atoms with E-state index < -0.39 is 12.6 Å². The van der Waals surface area contributed by atoms with Crippen molar-refractivity contribution in [1.82, 2.24) is 5.43 Å². The van der Waals surface area contributed by atoms with E-state index >= 15 is 0 Å². The molecule has 0 amide bonds. The maximum absolute atomic E-state index is 11.7. The summed E-state index contributed by atoms with van der Waals surface area (Å²) in [6.07, 6.45) is -2.35. The summed E-state index contributed by atoms with van der Waals surface area (Å²) in [5.74, 6) is 5.18. The summed E-state index contributed by atoms with van der Waals surface area (Å²) in [7, 11) is 0. The van der Waals surface area contributed by atoms with Crippen LogP contribution < -0.4 is 11.3 Å². The van der Waals surface area contributed by atoms with E-state index in [1.54, 1.807) is 0 Å². The number of halogens is 3. The van der Waals surface area contributed by atoms with Crippen molar-refractivity contribution >= 4 is 0 Å². The van der Waals surface area contributed by atoms with Crippen molar-refractivity contribution in [3.05, 3.63) is 0 Å². The normalized spacial score (nSPS) is 14.5. The Morgan fingerprint density at radius 1 is 1.31 bits per heavy atom. The summed E-state index contributed by atoms with van der Waals surface area (Å²) >= 11 is 0. The maximum atomic E-state index is 11.7. The molecule has 0 saturated carbocycles. The van der Waals surface area contributed by atoms with Crippen molar-refractivity contribution in [2.45, 2.75) is 51.2 Å². The van der Waals surface area contributed by atoms with Crippen molar-refractivity contribution < 1.29 is 13.2 Å². The van der Waals surface area contributed by atoms with Gasteiger partial charge in [0, 0.05) is 12.5 Å². The van der Waals surface area contributed by atoms with E-state index in [0.29, 0.717) is 6.42 Å². The molecule has 0 aliphatic heterocycles. The summed E-state index contributed by atoms with van der Waals surface area (Å²) in [4.78, 5) is 0. The van der Waals surface area contributed by atoms with Gasteiger partial charge in [0.1, 0.15) is 0 Å². The molecule has 0 saturated heterocycles. The first-order valence-corrected chi connectivity index (χ1v) is 4.52. The largest absolute Gasteiger partial charge is 0.389 e. The molecule has 0 spiro atoms. The quantitative estimate of drug-likeness (QED) is 0.508. The molecule has 5 heteroatoms. The van der Waals surface area contributed by atoms with Crippen molar-refractivity contribution in [3.63, 3.8) is 0 Å². The molecular formula is C8H17F3N2. The lowest BCUT2D eigenvalue weighted by Gasteiger charge is -2.14. The van der Waals surface area contributed by atoms with Gasteiger partial charge in [-0.1, -0.05) is 13.3 Å². The third-order valence-electron chi connectivity index (χ3n) is 1.89. The van der Waals surface area contributed by atoms with Crippen LogP contribution in [0.25, 0.3) is 0 Å². The van der Waals surface area contributed by atoms with Gasteiger partial charge in [0.05, 0.1) is 0 Å². The molecule has 3 N–H and O–H groups in total. The summed E-state index contributed by atoms with van der Waals surface area (Å²) in [6, 6.07) is 0.0207. The molecule has 1 unspecified atom stereocenters. The minimum atomic E-state index is -4.04. The van der Waals surface area contributed by atoms with Gasteiger partial charge in [0.2, 0.25) is 0 Å². The average Bonchev–Trinajstić information content (AvgIpc) is 2.01. The highest BCUT2D eigenvalue weighted by Crippen LogP contribution is 2.23. The Bertz CT molecular complexity index is 125. The summed E-state index contributed by atoms with van der Waals surface area (Å²) in [5.41, 5.74) is 2.52. The highest BCUT2D eigenvalue weighted by molar-refractivity contribution is 4.63. The Morgan fingerprint density at radius 3 is 2.31 bits per heavy atom. The average molecular weight is 198 g/mol. The van der Waals surface area contributed by atoms with Crippen LogP contribution in [0.1, 0.15) is 39.0 Å². The van der Waals surface area contributed by atoms with Crippen LogP contribution in [-0.2, 0) is 0 Å². The molecule has 0 heterocycles. The number of hydrogen-bond acceptors (Lipinski definition) is 2. The second kappa shape index (κ2) is 6.21. The third kappa shape index (κ3) is 8.05. The van der Waals surface area contributed by atoms with Crippen molar-refractivity contribution in [1.29, 1.82) is 0 Å². The van der Waals surface area contributed by atoms with Crippen molar-refractivity contribution in [3.8, 4) is 0 Å². The lowest BCUT2D eigenvalue weighted by molar-refractivity contribution is -0.135. The highest BCUT2D eigenvalue weighted by Gasteiger charge is 2.26. The lowest BCUT2D eigenvalue weighted by Crippen LogP contribution is -2.35. The topological polar surface area (TPSA) is 38.0 Å². The smallest absolute Gasteiger partial charge is 0.271 e. The van der Waals surface area contributed by atoms with Gasteiger partial charge in [-0.2, -0.15) is 13.2 Å². The molecule has 0 aliphatic rings. The predicted molar refractivity (Wildman–Crippen MR) is 45.9 cm³/mol. The molecule has 0 rings (SSSR count). The summed E-state index contributed by atoms with van der Waals surface area (Å²) < 4.78 is 35.2. The molecule has 80 valence electrons. The number of rotatable bonds is 6. The number of nitrogens with two attached hydrogens (primary N) is 1. The second-order valence-electron chi connectivity index (χ2n) is 3.16. The highest BCUT2D eigenvalue weighted by atomic mass is 19.4.